The highest BCUT2D eigenvalue weighted by Crippen LogP contribution is 2.12. The van der Waals surface area contributed by atoms with Crippen molar-refractivity contribution >= 4 is 36.0 Å². The molecule has 9 heteroatoms. The quantitative estimate of drug-likeness (QED) is 0.249. The van der Waals surface area contributed by atoms with Crippen molar-refractivity contribution in [2.75, 3.05) is 46.4 Å². The van der Waals surface area contributed by atoms with Crippen LogP contribution in [0.1, 0.15) is 48.5 Å². The van der Waals surface area contributed by atoms with Gasteiger partial charge in [0, 0.05) is 39.3 Å². The number of carbonyl (C=O) groups excluding carboxylic acids is 1. The lowest BCUT2D eigenvalue weighted by atomic mass is 10.0. The molecule has 0 aromatic heterocycles. The zero-order valence-corrected chi connectivity index (χ0v) is 22.4. The number of nitrogens with one attached hydrogen (secondary N) is 3. The first-order valence-electron chi connectivity index (χ1n) is 10.8. The summed E-state index contributed by atoms with van der Waals surface area (Å²) in [6.07, 6.45) is -0.395. The van der Waals surface area contributed by atoms with Gasteiger partial charge in [-0.3, -0.25) is 9.89 Å². The van der Waals surface area contributed by atoms with E-state index in [9.17, 15) is 4.79 Å². The molecule has 30 heavy (non-hydrogen) atoms. The number of carbonyl (C=O) groups is 1. The Hall–Kier alpha value is -0.810. The van der Waals surface area contributed by atoms with Gasteiger partial charge in [-0.25, -0.2) is 4.79 Å². The predicted octanol–water partition coefficient (Wildman–Crippen LogP) is 2.68. The summed E-state index contributed by atoms with van der Waals surface area (Å²) in [6.45, 7) is 19.1. The summed E-state index contributed by atoms with van der Waals surface area (Å²) >= 11 is 0. The van der Waals surface area contributed by atoms with E-state index in [1.807, 2.05) is 20.8 Å². The topological polar surface area (TPSA) is 87.2 Å². The van der Waals surface area contributed by atoms with E-state index in [0.717, 1.165) is 38.8 Å². The van der Waals surface area contributed by atoms with Gasteiger partial charge in [0.05, 0.1) is 19.3 Å². The molecule has 1 heterocycles. The average Bonchev–Trinajstić information content (AvgIpc) is 2.62. The summed E-state index contributed by atoms with van der Waals surface area (Å²) in [6, 6.07) is 0.349. The number of aliphatic imine (C=N–C) groups is 1. The Morgan fingerprint density at radius 2 is 1.63 bits per heavy atom. The van der Waals surface area contributed by atoms with Crippen LogP contribution in [-0.2, 0) is 9.47 Å². The number of ether oxygens (including phenoxy) is 2. The van der Waals surface area contributed by atoms with E-state index in [0.29, 0.717) is 18.5 Å². The van der Waals surface area contributed by atoms with Gasteiger partial charge in [0.2, 0.25) is 0 Å². The minimum absolute atomic E-state index is 0. The number of rotatable bonds is 8. The maximum atomic E-state index is 12.1. The molecular weight excluding hydrogens is 497 g/mol. The molecule has 1 amide bonds. The highest BCUT2D eigenvalue weighted by Gasteiger charge is 2.25. The molecule has 0 spiro atoms. The molecule has 3 N–H and O–H groups in total. The van der Waals surface area contributed by atoms with Crippen molar-refractivity contribution in [3.8, 4) is 0 Å². The zero-order valence-electron chi connectivity index (χ0n) is 20.1. The van der Waals surface area contributed by atoms with Crippen LogP contribution in [0, 0.1) is 11.8 Å². The molecule has 1 saturated heterocycles. The van der Waals surface area contributed by atoms with Crippen LogP contribution in [0.3, 0.4) is 0 Å². The Balaban J connectivity index is 0.00000841. The second-order valence-corrected chi connectivity index (χ2v) is 9.29. The molecule has 1 rings (SSSR count). The van der Waals surface area contributed by atoms with Crippen LogP contribution in [0.25, 0.3) is 0 Å². The smallest absolute Gasteiger partial charge is 0.407 e. The van der Waals surface area contributed by atoms with Crippen molar-refractivity contribution in [2.24, 2.45) is 16.8 Å². The molecule has 2 unspecified atom stereocenters. The lowest BCUT2D eigenvalue weighted by molar-refractivity contribution is 0.00751. The van der Waals surface area contributed by atoms with Gasteiger partial charge in [0.15, 0.2) is 5.96 Å². The fourth-order valence-electron chi connectivity index (χ4n) is 3.24. The Morgan fingerprint density at radius 3 is 2.10 bits per heavy atom. The van der Waals surface area contributed by atoms with Crippen LogP contribution >= 0.6 is 24.0 Å². The second kappa shape index (κ2) is 14.3. The third-order valence-electron chi connectivity index (χ3n) is 4.98. The first-order chi connectivity index (χ1) is 13.5. The molecule has 0 bridgehead atoms. The maximum Gasteiger partial charge on any atom is 0.407 e. The van der Waals surface area contributed by atoms with Crippen LogP contribution < -0.4 is 16.0 Å². The second-order valence-electron chi connectivity index (χ2n) is 9.29. The first kappa shape index (κ1) is 29.2. The molecule has 1 fully saturated rings. The number of alkyl carbamates (subject to hydrolysis) is 1. The van der Waals surface area contributed by atoms with E-state index in [1.165, 1.54) is 0 Å². The SMILES string of the molecule is CN=C(NCC(NC(=O)OC(C)(C)C)C(C)C)NCC(C(C)C)N1CCOCC1.I. The van der Waals surface area contributed by atoms with Crippen LogP contribution in [0.2, 0.25) is 0 Å². The van der Waals surface area contributed by atoms with Crippen molar-refractivity contribution in [3.05, 3.63) is 0 Å². The first-order valence-corrected chi connectivity index (χ1v) is 10.8. The van der Waals surface area contributed by atoms with Crippen LogP contribution in [0.4, 0.5) is 4.79 Å². The third-order valence-corrected chi connectivity index (χ3v) is 4.98. The number of amides is 1. The van der Waals surface area contributed by atoms with Crippen molar-refractivity contribution in [3.63, 3.8) is 0 Å². The fraction of sp³-hybridized carbons (Fsp3) is 0.905. The van der Waals surface area contributed by atoms with Crippen LogP contribution in [0.15, 0.2) is 4.99 Å². The molecule has 1 aliphatic heterocycles. The summed E-state index contributed by atoms with van der Waals surface area (Å²) in [4.78, 5) is 19.0. The van der Waals surface area contributed by atoms with Gasteiger partial charge in [-0.15, -0.1) is 24.0 Å². The van der Waals surface area contributed by atoms with Gasteiger partial charge in [0.25, 0.3) is 0 Å². The minimum atomic E-state index is -0.512. The molecule has 178 valence electrons. The molecule has 0 saturated carbocycles. The summed E-state index contributed by atoms with van der Waals surface area (Å²) in [5.74, 6) is 1.52. The van der Waals surface area contributed by atoms with Gasteiger partial charge >= 0.3 is 6.09 Å². The lowest BCUT2D eigenvalue weighted by Crippen LogP contribution is -2.54. The average molecular weight is 542 g/mol. The number of hydrogen-bond donors (Lipinski definition) is 3. The Bertz CT molecular complexity index is 517. The molecule has 0 aromatic rings. The van der Waals surface area contributed by atoms with E-state index < -0.39 is 11.7 Å². The largest absolute Gasteiger partial charge is 0.444 e. The van der Waals surface area contributed by atoms with Gasteiger partial charge in [-0.2, -0.15) is 0 Å². The monoisotopic (exact) mass is 541 g/mol. The lowest BCUT2D eigenvalue weighted by Gasteiger charge is -2.37. The molecule has 8 nitrogen and oxygen atoms in total. The van der Waals surface area contributed by atoms with E-state index >= 15 is 0 Å². The van der Waals surface area contributed by atoms with E-state index in [2.05, 4.69) is 53.5 Å². The normalized spacial score (nSPS) is 17.9. The van der Waals surface area contributed by atoms with Crippen molar-refractivity contribution in [1.82, 2.24) is 20.9 Å². The van der Waals surface area contributed by atoms with E-state index in [-0.39, 0.29) is 35.9 Å². The molecule has 0 radical (unpaired) electrons. The van der Waals surface area contributed by atoms with Gasteiger partial charge in [0.1, 0.15) is 5.60 Å². The van der Waals surface area contributed by atoms with Crippen molar-refractivity contribution < 1.29 is 14.3 Å². The van der Waals surface area contributed by atoms with Crippen molar-refractivity contribution in [1.29, 1.82) is 0 Å². The number of hydrogen-bond acceptors (Lipinski definition) is 5. The van der Waals surface area contributed by atoms with Crippen LogP contribution in [-0.4, -0.2) is 81.1 Å². The number of guanidine groups is 1. The Kier molecular flexibility index (Phi) is 13.9. The highest BCUT2D eigenvalue weighted by molar-refractivity contribution is 14.0. The number of halogens is 1. The molecule has 0 aliphatic carbocycles. The fourth-order valence-corrected chi connectivity index (χ4v) is 3.24. The number of morpholine rings is 1. The van der Waals surface area contributed by atoms with Gasteiger partial charge < -0.3 is 25.4 Å². The molecule has 0 aromatic carbocycles. The van der Waals surface area contributed by atoms with Gasteiger partial charge in [-0.05, 0) is 32.6 Å². The summed E-state index contributed by atoms with van der Waals surface area (Å²) < 4.78 is 10.9. The predicted molar refractivity (Wildman–Crippen MR) is 134 cm³/mol. The third kappa shape index (κ3) is 11.5. The standard InChI is InChI=1S/C21H43N5O3.HI/c1-15(2)17(25-20(27)29-21(5,6)7)13-23-19(22-8)24-14-18(16(3)4)26-9-11-28-12-10-26;/h15-18H,9-14H2,1-8H3,(H,25,27)(H2,22,23,24);1H. The summed E-state index contributed by atoms with van der Waals surface area (Å²) in [7, 11) is 1.76. The van der Waals surface area contributed by atoms with E-state index in [4.69, 9.17) is 9.47 Å². The van der Waals surface area contributed by atoms with Crippen molar-refractivity contribution in [2.45, 2.75) is 66.2 Å². The maximum absolute atomic E-state index is 12.1. The minimum Gasteiger partial charge on any atom is -0.444 e. The van der Waals surface area contributed by atoms with Crippen LogP contribution in [0.5, 0.6) is 0 Å². The van der Waals surface area contributed by atoms with Gasteiger partial charge in [-0.1, -0.05) is 27.7 Å². The Labute approximate surface area is 200 Å². The molecular formula is C21H44IN5O3. The highest BCUT2D eigenvalue weighted by atomic mass is 127. The molecule has 2 atom stereocenters. The molecule has 1 aliphatic rings. The zero-order chi connectivity index (χ0) is 22.0. The Morgan fingerprint density at radius 1 is 1.07 bits per heavy atom. The number of nitrogens with zero attached hydrogens (tertiary/aromatic N) is 2. The summed E-state index contributed by atoms with van der Waals surface area (Å²) in [5.41, 5.74) is -0.512. The van der Waals surface area contributed by atoms with E-state index in [1.54, 1.807) is 7.05 Å². The summed E-state index contributed by atoms with van der Waals surface area (Å²) in [5, 5.41) is 9.75.